The second kappa shape index (κ2) is 7.00. The van der Waals surface area contributed by atoms with E-state index in [2.05, 4.69) is 34.9 Å². The summed E-state index contributed by atoms with van der Waals surface area (Å²) in [6.07, 6.45) is 0.943. The Bertz CT molecular complexity index is 975. The zero-order valence-corrected chi connectivity index (χ0v) is 14.4. The predicted octanol–water partition coefficient (Wildman–Crippen LogP) is 3.62. The molecule has 3 aromatic carbocycles. The maximum Gasteiger partial charge on any atom is 0.232 e. The number of benzene rings is 3. The zero-order valence-electron chi connectivity index (χ0n) is 14.4. The van der Waals surface area contributed by atoms with Gasteiger partial charge in [-0.15, -0.1) is 0 Å². The molecule has 1 aliphatic heterocycles. The summed E-state index contributed by atoms with van der Waals surface area (Å²) in [5.74, 6) is -0.596. The van der Waals surface area contributed by atoms with Gasteiger partial charge in [-0.2, -0.15) is 0 Å². The fraction of sp³-hybridized carbons (Fsp3) is 0.182. The number of carbonyl (C=O) groups excluding carboxylic acids is 2. The molecule has 0 radical (unpaired) electrons. The highest BCUT2D eigenvalue weighted by atomic mass is 16.2. The first-order valence-corrected chi connectivity index (χ1v) is 8.85. The summed E-state index contributed by atoms with van der Waals surface area (Å²) in [6.45, 7) is 0.558. The van der Waals surface area contributed by atoms with Crippen LogP contribution in [0.2, 0.25) is 0 Å². The van der Waals surface area contributed by atoms with Gasteiger partial charge in [0.2, 0.25) is 11.8 Å². The van der Waals surface area contributed by atoms with Crippen LogP contribution in [0.15, 0.2) is 66.7 Å². The quantitative estimate of drug-likeness (QED) is 0.743. The normalized spacial score (nSPS) is 15.5. The molecule has 130 valence electrons. The molecule has 0 fully saturated rings. The molecule has 3 aromatic rings. The van der Waals surface area contributed by atoms with Crippen LogP contribution in [0.1, 0.15) is 23.5 Å². The van der Waals surface area contributed by atoms with Crippen molar-refractivity contribution in [3.63, 3.8) is 0 Å². The molecule has 1 heterocycles. The van der Waals surface area contributed by atoms with Crippen molar-refractivity contribution in [3.8, 4) is 0 Å². The predicted molar refractivity (Wildman–Crippen MR) is 103 cm³/mol. The van der Waals surface area contributed by atoms with Crippen molar-refractivity contribution in [2.75, 3.05) is 11.9 Å². The average Bonchev–Trinajstić information content (AvgIpc) is 2.97. The van der Waals surface area contributed by atoms with Gasteiger partial charge in [0.1, 0.15) is 0 Å². The van der Waals surface area contributed by atoms with E-state index in [-0.39, 0.29) is 18.2 Å². The lowest BCUT2D eigenvalue weighted by Gasteiger charge is -2.11. The van der Waals surface area contributed by atoms with Crippen LogP contribution in [-0.2, 0) is 16.0 Å². The van der Waals surface area contributed by atoms with Crippen molar-refractivity contribution in [1.29, 1.82) is 0 Å². The molecule has 0 saturated carbocycles. The first kappa shape index (κ1) is 16.3. The van der Waals surface area contributed by atoms with Gasteiger partial charge in [-0.05, 0) is 34.4 Å². The van der Waals surface area contributed by atoms with Gasteiger partial charge in [-0.25, -0.2) is 0 Å². The van der Waals surface area contributed by atoms with Crippen LogP contribution in [0.25, 0.3) is 10.8 Å². The summed E-state index contributed by atoms with van der Waals surface area (Å²) in [4.78, 5) is 24.4. The summed E-state index contributed by atoms with van der Waals surface area (Å²) in [5.41, 5.74) is 2.93. The lowest BCUT2D eigenvalue weighted by Crippen LogP contribution is -2.28. The molecule has 0 aliphatic carbocycles. The zero-order chi connectivity index (χ0) is 17.9. The molecular weight excluding hydrogens is 324 g/mol. The number of amides is 2. The number of para-hydroxylation sites is 1. The van der Waals surface area contributed by atoms with Gasteiger partial charge < -0.3 is 10.6 Å². The topological polar surface area (TPSA) is 58.2 Å². The molecule has 4 nitrogen and oxygen atoms in total. The van der Waals surface area contributed by atoms with Crippen molar-refractivity contribution in [2.24, 2.45) is 0 Å². The first-order valence-electron chi connectivity index (χ1n) is 8.85. The first-order chi connectivity index (χ1) is 12.7. The van der Waals surface area contributed by atoms with Crippen LogP contribution in [-0.4, -0.2) is 18.4 Å². The number of hydrogen-bond acceptors (Lipinski definition) is 2. The van der Waals surface area contributed by atoms with Crippen molar-refractivity contribution in [2.45, 2.75) is 18.8 Å². The molecule has 2 N–H and O–H groups in total. The number of rotatable bonds is 5. The Balaban J connectivity index is 1.37. The highest BCUT2D eigenvalue weighted by molar-refractivity contribution is 6.04. The summed E-state index contributed by atoms with van der Waals surface area (Å²) in [7, 11) is 0. The number of carbonyl (C=O) groups is 2. The largest absolute Gasteiger partial charge is 0.356 e. The van der Waals surface area contributed by atoms with Crippen molar-refractivity contribution in [1.82, 2.24) is 5.32 Å². The molecule has 26 heavy (non-hydrogen) atoms. The van der Waals surface area contributed by atoms with E-state index < -0.39 is 5.92 Å². The van der Waals surface area contributed by atoms with Crippen LogP contribution >= 0.6 is 0 Å². The van der Waals surface area contributed by atoms with Crippen LogP contribution < -0.4 is 10.6 Å². The molecule has 2 amide bonds. The third-order valence-electron chi connectivity index (χ3n) is 4.90. The second-order valence-electron chi connectivity index (χ2n) is 6.57. The van der Waals surface area contributed by atoms with Crippen LogP contribution in [0.5, 0.6) is 0 Å². The third-order valence-corrected chi connectivity index (χ3v) is 4.90. The Hall–Kier alpha value is -3.14. The monoisotopic (exact) mass is 344 g/mol. The third kappa shape index (κ3) is 3.18. The van der Waals surface area contributed by atoms with Gasteiger partial charge in [0, 0.05) is 18.7 Å². The molecular formula is C22H20N2O2. The van der Waals surface area contributed by atoms with E-state index in [9.17, 15) is 9.59 Å². The number of nitrogens with one attached hydrogen (secondary N) is 2. The lowest BCUT2D eigenvalue weighted by molar-refractivity contribution is -0.125. The fourth-order valence-electron chi connectivity index (χ4n) is 3.58. The summed E-state index contributed by atoms with van der Waals surface area (Å²) in [6, 6.07) is 22.0. The number of fused-ring (bicyclic) bond motifs is 2. The Morgan fingerprint density at radius 3 is 2.65 bits per heavy atom. The summed E-state index contributed by atoms with van der Waals surface area (Å²) in [5, 5.41) is 8.21. The Morgan fingerprint density at radius 2 is 1.73 bits per heavy atom. The maximum absolute atomic E-state index is 12.3. The lowest BCUT2D eigenvalue weighted by atomic mass is 9.97. The SMILES string of the molecule is O=C(CC1C(=O)Nc2ccccc21)NCCc1cccc2ccccc12. The standard InChI is InChI=1S/C22H20N2O2/c25-21(14-19-18-10-3-4-11-20(18)24-22(19)26)23-13-12-16-8-5-7-15-6-1-2-9-17(15)16/h1-11,19H,12-14H2,(H,23,25)(H,24,26). The van der Waals surface area contributed by atoms with E-state index in [0.717, 1.165) is 17.7 Å². The van der Waals surface area contributed by atoms with Crippen molar-refractivity contribution in [3.05, 3.63) is 77.9 Å². The molecule has 0 spiro atoms. The van der Waals surface area contributed by atoms with Crippen LogP contribution in [0.4, 0.5) is 5.69 Å². The van der Waals surface area contributed by atoms with Gasteiger partial charge in [-0.3, -0.25) is 9.59 Å². The summed E-state index contributed by atoms with van der Waals surface area (Å²) >= 11 is 0. The molecule has 1 atom stereocenters. The molecule has 1 aliphatic rings. The minimum Gasteiger partial charge on any atom is -0.356 e. The smallest absolute Gasteiger partial charge is 0.232 e. The average molecular weight is 344 g/mol. The van der Waals surface area contributed by atoms with Gasteiger partial charge in [0.15, 0.2) is 0 Å². The van der Waals surface area contributed by atoms with E-state index >= 15 is 0 Å². The van der Waals surface area contributed by atoms with E-state index in [1.807, 2.05) is 42.5 Å². The van der Waals surface area contributed by atoms with Crippen LogP contribution in [0.3, 0.4) is 0 Å². The number of anilines is 1. The molecule has 4 rings (SSSR count). The van der Waals surface area contributed by atoms with Gasteiger partial charge in [0.25, 0.3) is 0 Å². The molecule has 1 unspecified atom stereocenters. The minimum atomic E-state index is -0.399. The maximum atomic E-state index is 12.3. The highest BCUT2D eigenvalue weighted by Gasteiger charge is 2.31. The van der Waals surface area contributed by atoms with Crippen LogP contribution in [0, 0.1) is 0 Å². The Morgan fingerprint density at radius 1 is 0.962 bits per heavy atom. The Labute approximate surface area is 152 Å². The molecule has 0 aromatic heterocycles. The molecule has 0 bridgehead atoms. The Kier molecular flexibility index (Phi) is 4.40. The van der Waals surface area contributed by atoms with E-state index in [4.69, 9.17) is 0 Å². The van der Waals surface area contributed by atoms with E-state index in [1.54, 1.807) is 0 Å². The van der Waals surface area contributed by atoms with Crippen molar-refractivity contribution >= 4 is 28.3 Å². The number of hydrogen-bond donors (Lipinski definition) is 2. The second-order valence-corrected chi connectivity index (χ2v) is 6.57. The minimum absolute atomic E-state index is 0.0953. The van der Waals surface area contributed by atoms with Crippen molar-refractivity contribution < 1.29 is 9.59 Å². The van der Waals surface area contributed by atoms with E-state index in [0.29, 0.717) is 6.54 Å². The van der Waals surface area contributed by atoms with Gasteiger partial charge in [-0.1, -0.05) is 60.7 Å². The highest BCUT2D eigenvalue weighted by Crippen LogP contribution is 2.34. The fourth-order valence-corrected chi connectivity index (χ4v) is 3.58. The van der Waals surface area contributed by atoms with Gasteiger partial charge in [0.05, 0.1) is 5.92 Å². The summed E-state index contributed by atoms with van der Waals surface area (Å²) < 4.78 is 0. The molecule has 0 saturated heterocycles. The van der Waals surface area contributed by atoms with E-state index in [1.165, 1.54) is 16.3 Å². The molecule has 4 heteroatoms. The van der Waals surface area contributed by atoms with Gasteiger partial charge >= 0.3 is 0 Å².